The molecule has 0 aromatic rings. The second kappa shape index (κ2) is 3.66. The summed E-state index contributed by atoms with van der Waals surface area (Å²) in [6.07, 6.45) is 9.50. The Labute approximate surface area is 60.2 Å². The Kier molecular flexibility index (Phi) is 3.96. The van der Waals surface area contributed by atoms with Gasteiger partial charge >= 0.3 is 0 Å². The van der Waals surface area contributed by atoms with Gasteiger partial charge in [0.15, 0.2) is 0 Å². The van der Waals surface area contributed by atoms with Crippen molar-refractivity contribution in [3.8, 4) is 0 Å². The smallest absolute Gasteiger partial charge is 0 e. The van der Waals surface area contributed by atoms with E-state index in [1.54, 1.807) is 0 Å². The maximum Gasteiger partial charge on any atom is 0 e. The van der Waals surface area contributed by atoms with Crippen molar-refractivity contribution in [2.45, 2.75) is 6.42 Å². The van der Waals surface area contributed by atoms with E-state index in [4.69, 9.17) is 0 Å². The van der Waals surface area contributed by atoms with Crippen LogP contribution in [0.15, 0.2) is 24.3 Å². The van der Waals surface area contributed by atoms with Crippen LogP contribution in [0.4, 0.5) is 0 Å². The first kappa shape index (κ1) is 6.48. The predicted octanol–water partition coefficient (Wildman–Crippen LogP) is 1.12. The zero-order valence-corrected chi connectivity index (χ0v) is 6.02. The van der Waals surface area contributed by atoms with Gasteiger partial charge in [0.2, 0.25) is 0 Å². The molecular weight excluding hydrogens is 83.0 g/mol. The van der Waals surface area contributed by atoms with Crippen LogP contribution in [-0.2, 0) is 0 Å². The van der Waals surface area contributed by atoms with Crippen LogP contribution in [0.2, 0.25) is 0 Å². The summed E-state index contributed by atoms with van der Waals surface area (Å²) < 4.78 is 0. The Morgan fingerprint density at radius 1 is 1.00 bits per heavy atom. The minimum Gasteiger partial charge on any atom is -0.0808 e. The topological polar surface area (TPSA) is 0 Å². The van der Waals surface area contributed by atoms with Crippen LogP contribution >= 0.6 is 0 Å². The van der Waals surface area contributed by atoms with E-state index in [0.717, 1.165) is 6.42 Å². The monoisotopic (exact) mass is 89.0 g/mol. The molecule has 1 aliphatic carbocycles. The van der Waals surface area contributed by atoms with Gasteiger partial charge in [-0.3, -0.25) is 0 Å². The molecule has 0 spiro atoms. The fourth-order valence-corrected chi connectivity index (χ4v) is 0.393. The van der Waals surface area contributed by atoms with E-state index in [1.165, 1.54) is 0 Å². The van der Waals surface area contributed by atoms with Crippen molar-refractivity contribution in [1.29, 1.82) is 0 Å². The molecule has 1 rings (SSSR count). The number of allylic oxidation sites excluding steroid dienone is 4. The zero-order chi connectivity index (χ0) is 3.54. The molecule has 0 fully saturated rings. The fourth-order valence-electron chi connectivity index (χ4n) is 0.393. The third-order valence-corrected chi connectivity index (χ3v) is 0.655. The zero-order valence-electron chi connectivity index (χ0n) is 4.02. The third-order valence-electron chi connectivity index (χ3n) is 0.655. The number of rotatable bonds is 0. The molecule has 1 heteroatoms. The van der Waals surface area contributed by atoms with Gasteiger partial charge in [0.25, 0.3) is 0 Å². The van der Waals surface area contributed by atoms with Crippen molar-refractivity contribution in [3.05, 3.63) is 24.3 Å². The molecule has 0 heterocycles. The first-order valence-corrected chi connectivity index (χ1v) is 1.82. The number of hydrogen-bond acceptors (Lipinski definition) is 0. The van der Waals surface area contributed by atoms with Gasteiger partial charge in [0.1, 0.15) is 0 Å². The molecule has 6 heavy (non-hydrogen) atoms. The van der Waals surface area contributed by atoms with Crippen LogP contribution in [0, 0.1) is 0 Å². The first-order chi connectivity index (χ1) is 2.50. The molecule has 0 atom stereocenters. The molecule has 0 aromatic carbocycles. The summed E-state index contributed by atoms with van der Waals surface area (Å²) in [4.78, 5) is 0. The Balaban J connectivity index is 0.000000250. The van der Waals surface area contributed by atoms with Crippen LogP contribution in [0.25, 0.3) is 0 Å². The van der Waals surface area contributed by atoms with Gasteiger partial charge in [0, 0.05) is 29.6 Å². The van der Waals surface area contributed by atoms with E-state index < -0.39 is 0 Å². The summed E-state index contributed by atoms with van der Waals surface area (Å²) in [5.41, 5.74) is 0. The largest absolute Gasteiger partial charge is 0.0808 e. The first-order valence-electron chi connectivity index (χ1n) is 1.82. The maximum atomic E-state index is 2.12. The number of hydrogen-bond donors (Lipinski definition) is 0. The van der Waals surface area contributed by atoms with Gasteiger partial charge in [-0.15, -0.1) is 0 Å². The SMILES string of the molecule is C1=CCC=C1.[Na]. The van der Waals surface area contributed by atoms with E-state index in [9.17, 15) is 0 Å². The standard InChI is InChI=1S/C5H6.Na/c1-2-4-5-3-1;/h1-4H,5H2;. The van der Waals surface area contributed by atoms with Crippen molar-refractivity contribution in [3.63, 3.8) is 0 Å². The molecule has 0 nitrogen and oxygen atoms in total. The van der Waals surface area contributed by atoms with Gasteiger partial charge in [-0.25, -0.2) is 0 Å². The quantitative estimate of drug-likeness (QED) is 0.390. The molecule has 0 N–H and O–H groups in total. The summed E-state index contributed by atoms with van der Waals surface area (Å²) in [7, 11) is 0. The molecule has 0 amide bonds. The average molecular weight is 89.1 g/mol. The van der Waals surface area contributed by atoms with Crippen molar-refractivity contribution in [2.24, 2.45) is 0 Å². The van der Waals surface area contributed by atoms with E-state index in [1.807, 2.05) is 0 Å². The summed E-state index contributed by atoms with van der Waals surface area (Å²) in [5.74, 6) is 0. The van der Waals surface area contributed by atoms with Crippen LogP contribution in [-0.4, -0.2) is 29.6 Å². The summed E-state index contributed by atoms with van der Waals surface area (Å²) >= 11 is 0. The van der Waals surface area contributed by atoms with Gasteiger partial charge in [-0.2, -0.15) is 0 Å². The summed E-state index contributed by atoms with van der Waals surface area (Å²) in [5, 5.41) is 0. The van der Waals surface area contributed by atoms with Gasteiger partial charge in [0.05, 0.1) is 0 Å². The van der Waals surface area contributed by atoms with E-state index in [-0.39, 0.29) is 29.6 Å². The fraction of sp³-hybridized carbons (Fsp3) is 0.200. The molecule has 0 aliphatic heterocycles. The van der Waals surface area contributed by atoms with Crippen LogP contribution in [0.1, 0.15) is 6.42 Å². The average Bonchev–Trinajstić information content (AvgIpc) is 1.76. The normalized spacial score (nSPS) is 14.7. The molecule has 0 saturated heterocycles. The van der Waals surface area contributed by atoms with Crippen molar-refractivity contribution in [1.82, 2.24) is 0 Å². The maximum absolute atomic E-state index is 2.12. The Hall–Kier alpha value is 0.480. The van der Waals surface area contributed by atoms with Gasteiger partial charge in [-0.1, -0.05) is 24.3 Å². The third kappa shape index (κ3) is 1.81. The summed E-state index contributed by atoms with van der Waals surface area (Å²) in [6.45, 7) is 0. The molecule has 0 aromatic heterocycles. The molecule has 0 bridgehead atoms. The van der Waals surface area contributed by atoms with Gasteiger partial charge < -0.3 is 0 Å². The Morgan fingerprint density at radius 3 is 1.67 bits per heavy atom. The van der Waals surface area contributed by atoms with Crippen molar-refractivity contribution < 1.29 is 0 Å². The van der Waals surface area contributed by atoms with E-state index >= 15 is 0 Å². The van der Waals surface area contributed by atoms with Crippen molar-refractivity contribution >= 4 is 29.6 Å². The van der Waals surface area contributed by atoms with Crippen molar-refractivity contribution in [2.75, 3.05) is 0 Å². The minimum atomic E-state index is 0. The molecule has 27 valence electrons. The van der Waals surface area contributed by atoms with E-state index in [0.29, 0.717) is 0 Å². The second-order valence-electron chi connectivity index (χ2n) is 1.09. The van der Waals surface area contributed by atoms with E-state index in [2.05, 4.69) is 24.3 Å². The van der Waals surface area contributed by atoms with Crippen LogP contribution < -0.4 is 0 Å². The second-order valence-corrected chi connectivity index (χ2v) is 1.09. The predicted molar refractivity (Wildman–Crippen MR) is 28.7 cm³/mol. The molecule has 0 saturated carbocycles. The van der Waals surface area contributed by atoms with Crippen LogP contribution in [0.3, 0.4) is 0 Å². The Bertz CT molecular complexity index is 62.0. The molecular formula is C5H6Na. The van der Waals surface area contributed by atoms with Crippen LogP contribution in [0.5, 0.6) is 0 Å². The Morgan fingerprint density at radius 2 is 1.50 bits per heavy atom. The molecule has 1 aliphatic rings. The van der Waals surface area contributed by atoms with Gasteiger partial charge in [-0.05, 0) is 6.42 Å². The molecule has 1 radical (unpaired) electrons. The molecule has 0 unspecified atom stereocenters. The summed E-state index contributed by atoms with van der Waals surface area (Å²) in [6, 6.07) is 0. The minimum absolute atomic E-state index is 0.